The van der Waals surface area contributed by atoms with Crippen LogP contribution in [0.2, 0.25) is 0 Å². The largest absolute Gasteiger partial charge is 0.508 e. The number of phenols is 1. The molecule has 0 radical (unpaired) electrons. The molecule has 1 atom stereocenters. The van der Waals surface area contributed by atoms with Crippen LogP contribution in [0, 0.1) is 0 Å². The summed E-state index contributed by atoms with van der Waals surface area (Å²) in [5, 5.41) is 9.22. The summed E-state index contributed by atoms with van der Waals surface area (Å²) in [6, 6.07) is 13.1. The van der Waals surface area contributed by atoms with Gasteiger partial charge in [0.25, 0.3) is 0 Å². The number of methoxy groups -OCH3 is 1. The molecule has 3 N–H and O–H groups in total. The Kier molecular flexibility index (Phi) is 5.38. The van der Waals surface area contributed by atoms with Crippen LogP contribution in [0.3, 0.4) is 0 Å². The van der Waals surface area contributed by atoms with Crippen LogP contribution in [0.1, 0.15) is 11.1 Å². The Labute approximate surface area is 129 Å². The van der Waals surface area contributed by atoms with Gasteiger partial charge in [0.2, 0.25) is 0 Å². The summed E-state index contributed by atoms with van der Waals surface area (Å²) in [7, 11) is 1.58. The van der Waals surface area contributed by atoms with Gasteiger partial charge in [-0.3, -0.25) is 4.79 Å². The molecular formula is C17H19NO4. The van der Waals surface area contributed by atoms with E-state index in [4.69, 9.17) is 15.2 Å². The molecule has 0 aliphatic rings. The summed E-state index contributed by atoms with van der Waals surface area (Å²) in [4.78, 5) is 11.9. The molecule has 22 heavy (non-hydrogen) atoms. The lowest BCUT2D eigenvalue weighted by molar-refractivity contribution is -0.146. The first kappa shape index (κ1) is 15.9. The van der Waals surface area contributed by atoms with Crippen LogP contribution in [-0.4, -0.2) is 24.2 Å². The van der Waals surface area contributed by atoms with Crippen molar-refractivity contribution < 1.29 is 19.4 Å². The molecule has 0 amide bonds. The molecule has 0 aromatic heterocycles. The van der Waals surface area contributed by atoms with E-state index in [1.54, 1.807) is 37.4 Å². The molecule has 2 rings (SSSR count). The highest BCUT2D eigenvalue weighted by molar-refractivity contribution is 5.75. The molecule has 5 nitrogen and oxygen atoms in total. The average molecular weight is 301 g/mol. The summed E-state index contributed by atoms with van der Waals surface area (Å²) in [5.74, 6) is 0.427. The van der Waals surface area contributed by atoms with Crippen LogP contribution in [0.15, 0.2) is 48.5 Å². The maximum Gasteiger partial charge on any atom is 0.323 e. The van der Waals surface area contributed by atoms with Crippen molar-refractivity contribution in [2.24, 2.45) is 5.73 Å². The van der Waals surface area contributed by atoms with Gasteiger partial charge in [-0.2, -0.15) is 0 Å². The number of aromatic hydroxyl groups is 1. The van der Waals surface area contributed by atoms with Crippen LogP contribution >= 0.6 is 0 Å². The number of phenolic OH excluding ortho intramolecular Hbond substituents is 1. The zero-order chi connectivity index (χ0) is 15.9. The van der Waals surface area contributed by atoms with E-state index in [0.717, 1.165) is 11.1 Å². The predicted octanol–water partition coefficient (Wildman–Crippen LogP) is 2.01. The van der Waals surface area contributed by atoms with Gasteiger partial charge in [0.1, 0.15) is 24.1 Å². The summed E-state index contributed by atoms with van der Waals surface area (Å²) in [5.41, 5.74) is 7.55. The van der Waals surface area contributed by atoms with E-state index in [0.29, 0.717) is 12.2 Å². The quantitative estimate of drug-likeness (QED) is 0.798. The van der Waals surface area contributed by atoms with Gasteiger partial charge >= 0.3 is 5.97 Å². The number of nitrogens with two attached hydrogens (primary N) is 1. The zero-order valence-electron chi connectivity index (χ0n) is 12.4. The minimum absolute atomic E-state index is 0.152. The molecule has 0 heterocycles. The molecule has 116 valence electrons. The van der Waals surface area contributed by atoms with Gasteiger partial charge in [0.15, 0.2) is 0 Å². The highest BCUT2D eigenvalue weighted by Gasteiger charge is 2.16. The molecule has 0 aliphatic carbocycles. The minimum Gasteiger partial charge on any atom is -0.508 e. The van der Waals surface area contributed by atoms with E-state index in [1.807, 2.05) is 18.2 Å². The average Bonchev–Trinajstić information content (AvgIpc) is 2.54. The molecule has 0 saturated carbocycles. The smallest absolute Gasteiger partial charge is 0.323 e. The summed E-state index contributed by atoms with van der Waals surface area (Å²) in [6.45, 7) is 0.152. The van der Waals surface area contributed by atoms with E-state index < -0.39 is 12.0 Å². The lowest BCUT2D eigenvalue weighted by Gasteiger charge is -2.12. The first-order valence-corrected chi connectivity index (χ1v) is 6.91. The van der Waals surface area contributed by atoms with Gasteiger partial charge in [-0.25, -0.2) is 0 Å². The van der Waals surface area contributed by atoms with Crippen LogP contribution in [-0.2, 0) is 22.6 Å². The van der Waals surface area contributed by atoms with Crippen LogP contribution < -0.4 is 10.5 Å². The summed E-state index contributed by atoms with van der Waals surface area (Å²) in [6.07, 6.45) is 0.358. The lowest BCUT2D eigenvalue weighted by atomic mass is 10.1. The number of rotatable bonds is 6. The number of esters is 1. The number of hydrogen-bond acceptors (Lipinski definition) is 5. The highest BCUT2D eigenvalue weighted by Crippen LogP contribution is 2.14. The Hall–Kier alpha value is -2.53. The molecule has 0 bridgehead atoms. The first-order chi connectivity index (χ1) is 10.6. The molecule has 0 spiro atoms. The SMILES string of the molecule is COc1cccc(COC(=O)[C@@H](N)Cc2ccc(O)cc2)c1. The predicted molar refractivity (Wildman–Crippen MR) is 82.6 cm³/mol. The standard InChI is InChI=1S/C17H19NO4/c1-21-15-4-2-3-13(9-15)11-22-17(20)16(18)10-12-5-7-14(19)8-6-12/h2-9,16,19H,10-11,18H2,1H3/t16-/m0/s1. The second-order valence-electron chi connectivity index (χ2n) is 4.94. The van der Waals surface area contributed by atoms with Gasteiger partial charge in [0.05, 0.1) is 7.11 Å². The molecule has 0 unspecified atom stereocenters. The molecule has 0 saturated heterocycles. The van der Waals surface area contributed by atoms with Crippen molar-refractivity contribution >= 4 is 5.97 Å². The Morgan fingerprint density at radius 1 is 1.18 bits per heavy atom. The Morgan fingerprint density at radius 3 is 2.59 bits per heavy atom. The van der Waals surface area contributed by atoms with Crippen molar-refractivity contribution in [2.75, 3.05) is 7.11 Å². The normalized spacial score (nSPS) is 11.7. The topological polar surface area (TPSA) is 81.8 Å². The van der Waals surface area contributed by atoms with Gasteiger partial charge < -0.3 is 20.3 Å². The number of carbonyl (C=O) groups is 1. The van der Waals surface area contributed by atoms with Crippen molar-refractivity contribution in [3.8, 4) is 11.5 Å². The van der Waals surface area contributed by atoms with Gasteiger partial charge in [0, 0.05) is 0 Å². The van der Waals surface area contributed by atoms with Gasteiger partial charge in [-0.05, 0) is 41.8 Å². The maximum atomic E-state index is 11.9. The van der Waals surface area contributed by atoms with Crippen molar-refractivity contribution in [3.63, 3.8) is 0 Å². The van der Waals surface area contributed by atoms with E-state index >= 15 is 0 Å². The van der Waals surface area contributed by atoms with E-state index in [2.05, 4.69) is 0 Å². The summed E-state index contributed by atoms with van der Waals surface area (Å²) >= 11 is 0. The fraction of sp³-hybridized carbons (Fsp3) is 0.235. The van der Waals surface area contributed by atoms with E-state index in [9.17, 15) is 9.90 Å². The zero-order valence-corrected chi connectivity index (χ0v) is 12.4. The van der Waals surface area contributed by atoms with Crippen molar-refractivity contribution in [2.45, 2.75) is 19.1 Å². The Bertz CT molecular complexity index is 625. The van der Waals surface area contributed by atoms with Crippen molar-refractivity contribution in [1.82, 2.24) is 0 Å². The first-order valence-electron chi connectivity index (χ1n) is 6.91. The molecule has 2 aromatic rings. The Morgan fingerprint density at radius 2 is 1.91 bits per heavy atom. The van der Waals surface area contributed by atoms with Crippen LogP contribution in [0.25, 0.3) is 0 Å². The van der Waals surface area contributed by atoms with Crippen molar-refractivity contribution in [1.29, 1.82) is 0 Å². The third kappa shape index (κ3) is 4.49. The fourth-order valence-electron chi connectivity index (χ4n) is 1.99. The molecule has 0 fully saturated rings. The number of ether oxygens (including phenoxy) is 2. The Balaban J connectivity index is 1.86. The highest BCUT2D eigenvalue weighted by atomic mass is 16.5. The third-order valence-electron chi connectivity index (χ3n) is 3.21. The van der Waals surface area contributed by atoms with Crippen molar-refractivity contribution in [3.05, 3.63) is 59.7 Å². The van der Waals surface area contributed by atoms with Gasteiger partial charge in [-0.15, -0.1) is 0 Å². The van der Waals surface area contributed by atoms with Gasteiger partial charge in [-0.1, -0.05) is 24.3 Å². The molecule has 0 aliphatic heterocycles. The summed E-state index contributed by atoms with van der Waals surface area (Å²) < 4.78 is 10.3. The minimum atomic E-state index is -0.741. The van der Waals surface area contributed by atoms with E-state index in [1.165, 1.54) is 0 Å². The van der Waals surface area contributed by atoms with Crippen LogP contribution in [0.5, 0.6) is 11.5 Å². The molecule has 5 heteroatoms. The maximum absolute atomic E-state index is 11.9. The second-order valence-corrected chi connectivity index (χ2v) is 4.94. The monoisotopic (exact) mass is 301 g/mol. The number of carbonyl (C=O) groups excluding carboxylic acids is 1. The van der Waals surface area contributed by atoms with E-state index in [-0.39, 0.29) is 12.4 Å². The lowest BCUT2D eigenvalue weighted by Crippen LogP contribution is -2.34. The fourth-order valence-corrected chi connectivity index (χ4v) is 1.99. The molecule has 2 aromatic carbocycles. The third-order valence-corrected chi connectivity index (χ3v) is 3.21. The number of hydrogen-bond donors (Lipinski definition) is 2. The molecular weight excluding hydrogens is 282 g/mol. The van der Waals surface area contributed by atoms with Crippen LogP contribution in [0.4, 0.5) is 0 Å². The second kappa shape index (κ2) is 7.47. The number of benzene rings is 2.